The van der Waals surface area contributed by atoms with Crippen LogP contribution in [0.5, 0.6) is 0 Å². The zero-order chi connectivity index (χ0) is 14.4. The van der Waals surface area contributed by atoms with E-state index in [1.165, 1.54) is 12.1 Å². The molecule has 0 aliphatic rings. The number of ether oxygens (including phenoxy) is 1. The number of nitrogen functional groups attached to an aromatic ring is 1. The summed E-state index contributed by atoms with van der Waals surface area (Å²) >= 11 is 0. The van der Waals surface area contributed by atoms with Crippen molar-refractivity contribution in [3.05, 3.63) is 29.6 Å². The van der Waals surface area contributed by atoms with Crippen LogP contribution >= 0.6 is 0 Å². The predicted octanol–water partition coefficient (Wildman–Crippen LogP) is 2.20. The highest BCUT2D eigenvalue weighted by atomic mass is 19.1. The van der Waals surface area contributed by atoms with Crippen LogP contribution in [0.3, 0.4) is 0 Å². The number of amides is 1. The van der Waals surface area contributed by atoms with E-state index in [0.717, 1.165) is 6.07 Å². The third-order valence-corrected chi connectivity index (χ3v) is 2.88. The van der Waals surface area contributed by atoms with Crippen molar-refractivity contribution in [2.45, 2.75) is 26.8 Å². The van der Waals surface area contributed by atoms with E-state index >= 15 is 0 Å². The van der Waals surface area contributed by atoms with E-state index < -0.39 is 5.82 Å². The van der Waals surface area contributed by atoms with Gasteiger partial charge in [0.15, 0.2) is 0 Å². The first-order chi connectivity index (χ1) is 8.95. The van der Waals surface area contributed by atoms with E-state index in [2.05, 4.69) is 5.32 Å². The zero-order valence-electron chi connectivity index (χ0n) is 11.6. The molecule has 1 rings (SSSR count). The SMILES string of the molecule is CCOCC(NC(=O)c1cc(F)ccc1N)C(C)C. The van der Waals surface area contributed by atoms with Crippen LogP contribution in [0.2, 0.25) is 0 Å². The van der Waals surface area contributed by atoms with Gasteiger partial charge in [0.1, 0.15) is 5.82 Å². The number of halogens is 1. The Kier molecular flexibility index (Phi) is 5.76. The Balaban J connectivity index is 2.78. The van der Waals surface area contributed by atoms with Gasteiger partial charge >= 0.3 is 0 Å². The van der Waals surface area contributed by atoms with E-state index in [1.807, 2.05) is 20.8 Å². The molecule has 0 saturated heterocycles. The second kappa shape index (κ2) is 7.09. The molecular formula is C14H21FN2O2. The standard InChI is InChI=1S/C14H21FN2O2/c1-4-19-8-13(9(2)3)17-14(18)11-7-10(15)5-6-12(11)16/h5-7,9,13H,4,8,16H2,1-3H3,(H,17,18). The largest absolute Gasteiger partial charge is 0.398 e. The molecule has 0 fully saturated rings. The summed E-state index contributed by atoms with van der Waals surface area (Å²) in [4.78, 5) is 12.1. The van der Waals surface area contributed by atoms with Crippen molar-refractivity contribution in [3.8, 4) is 0 Å². The van der Waals surface area contributed by atoms with Crippen molar-refractivity contribution in [1.82, 2.24) is 5.32 Å². The quantitative estimate of drug-likeness (QED) is 0.777. The number of hydrogen-bond acceptors (Lipinski definition) is 3. The van der Waals surface area contributed by atoms with Gasteiger partial charge in [-0.05, 0) is 31.0 Å². The third-order valence-electron chi connectivity index (χ3n) is 2.88. The lowest BCUT2D eigenvalue weighted by atomic mass is 10.0. The van der Waals surface area contributed by atoms with E-state index in [1.54, 1.807) is 0 Å². The maximum absolute atomic E-state index is 13.1. The molecule has 0 spiro atoms. The fourth-order valence-electron chi connectivity index (χ4n) is 1.62. The molecule has 0 radical (unpaired) electrons. The molecule has 5 heteroatoms. The Morgan fingerprint density at radius 2 is 2.16 bits per heavy atom. The smallest absolute Gasteiger partial charge is 0.253 e. The lowest BCUT2D eigenvalue weighted by Crippen LogP contribution is -2.42. The normalized spacial score (nSPS) is 12.5. The highest BCUT2D eigenvalue weighted by Gasteiger charge is 2.19. The number of carbonyl (C=O) groups is 1. The average Bonchev–Trinajstić information content (AvgIpc) is 2.36. The maximum Gasteiger partial charge on any atom is 0.253 e. The molecule has 1 aromatic rings. The summed E-state index contributed by atoms with van der Waals surface area (Å²) in [5.41, 5.74) is 6.10. The lowest BCUT2D eigenvalue weighted by molar-refractivity contribution is 0.0806. The molecule has 0 aromatic heterocycles. The number of nitrogens with two attached hydrogens (primary N) is 1. The number of benzene rings is 1. The van der Waals surface area contributed by atoms with E-state index in [-0.39, 0.29) is 29.1 Å². The first-order valence-corrected chi connectivity index (χ1v) is 6.39. The van der Waals surface area contributed by atoms with Gasteiger partial charge in [0.05, 0.1) is 18.2 Å². The van der Waals surface area contributed by atoms with Gasteiger partial charge in [0, 0.05) is 12.3 Å². The van der Waals surface area contributed by atoms with Crippen LogP contribution in [0.15, 0.2) is 18.2 Å². The molecule has 0 heterocycles. The fourth-order valence-corrected chi connectivity index (χ4v) is 1.62. The molecule has 19 heavy (non-hydrogen) atoms. The van der Waals surface area contributed by atoms with Crippen molar-refractivity contribution in [2.24, 2.45) is 5.92 Å². The van der Waals surface area contributed by atoms with Crippen LogP contribution in [0.1, 0.15) is 31.1 Å². The lowest BCUT2D eigenvalue weighted by Gasteiger charge is -2.22. The Morgan fingerprint density at radius 1 is 1.47 bits per heavy atom. The Bertz CT molecular complexity index is 435. The fraction of sp³-hybridized carbons (Fsp3) is 0.500. The molecule has 1 aromatic carbocycles. The van der Waals surface area contributed by atoms with Gasteiger partial charge in [0.2, 0.25) is 0 Å². The number of anilines is 1. The maximum atomic E-state index is 13.1. The van der Waals surface area contributed by atoms with Crippen LogP contribution in [-0.4, -0.2) is 25.2 Å². The van der Waals surface area contributed by atoms with Gasteiger partial charge in [-0.25, -0.2) is 4.39 Å². The van der Waals surface area contributed by atoms with Crippen LogP contribution in [0, 0.1) is 11.7 Å². The summed E-state index contributed by atoms with van der Waals surface area (Å²) in [6.07, 6.45) is 0. The number of carbonyl (C=O) groups excluding carboxylic acids is 1. The van der Waals surface area contributed by atoms with Gasteiger partial charge in [0.25, 0.3) is 5.91 Å². The minimum absolute atomic E-state index is 0.130. The third kappa shape index (κ3) is 4.52. The molecule has 1 atom stereocenters. The van der Waals surface area contributed by atoms with Gasteiger partial charge in [-0.15, -0.1) is 0 Å². The molecule has 3 N–H and O–H groups in total. The van der Waals surface area contributed by atoms with Gasteiger partial charge < -0.3 is 15.8 Å². The minimum Gasteiger partial charge on any atom is -0.398 e. The van der Waals surface area contributed by atoms with Crippen molar-refractivity contribution >= 4 is 11.6 Å². The summed E-state index contributed by atoms with van der Waals surface area (Å²) < 4.78 is 18.5. The second-order valence-corrected chi connectivity index (χ2v) is 4.72. The van der Waals surface area contributed by atoms with Gasteiger partial charge in [-0.2, -0.15) is 0 Å². The van der Waals surface area contributed by atoms with Crippen LogP contribution in [-0.2, 0) is 4.74 Å². The second-order valence-electron chi connectivity index (χ2n) is 4.72. The Hall–Kier alpha value is -1.62. The number of hydrogen-bond donors (Lipinski definition) is 2. The molecule has 1 unspecified atom stereocenters. The van der Waals surface area contributed by atoms with Crippen LogP contribution < -0.4 is 11.1 Å². The topological polar surface area (TPSA) is 64.3 Å². The molecule has 1 amide bonds. The molecule has 0 aliphatic carbocycles. The van der Waals surface area contributed by atoms with Crippen molar-refractivity contribution < 1.29 is 13.9 Å². The van der Waals surface area contributed by atoms with E-state index in [4.69, 9.17) is 10.5 Å². The monoisotopic (exact) mass is 268 g/mol. The van der Waals surface area contributed by atoms with Crippen LogP contribution in [0.25, 0.3) is 0 Å². The van der Waals surface area contributed by atoms with Crippen molar-refractivity contribution in [1.29, 1.82) is 0 Å². The zero-order valence-corrected chi connectivity index (χ0v) is 11.6. The van der Waals surface area contributed by atoms with Gasteiger partial charge in [-0.3, -0.25) is 4.79 Å². The minimum atomic E-state index is -0.481. The predicted molar refractivity (Wildman–Crippen MR) is 73.4 cm³/mol. The number of rotatable bonds is 6. The van der Waals surface area contributed by atoms with Gasteiger partial charge in [-0.1, -0.05) is 13.8 Å². The first kappa shape index (κ1) is 15.4. The summed E-state index contributed by atoms with van der Waals surface area (Å²) in [6, 6.07) is 3.63. The summed E-state index contributed by atoms with van der Waals surface area (Å²) in [7, 11) is 0. The molecular weight excluding hydrogens is 247 g/mol. The highest BCUT2D eigenvalue weighted by Crippen LogP contribution is 2.14. The number of nitrogens with one attached hydrogen (secondary N) is 1. The molecule has 0 bridgehead atoms. The summed E-state index contributed by atoms with van der Waals surface area (Å²) in [5.74, 6) is -0.647. The molecule has 106 valence electrons. The van der Waals surface area contributed by atoms with Crippen LogP contribution in [0.4, 0.5) is 10.1 Å². The van der Waals surface area contributed by atoms with E-state index in [9.17, 15) is 9.18 Å². The molecule has 0 saturated carbocycles. The van der Waals surface area contributed by atoms with Crippen molar-refractivity contribution in [2.75, 3.05) is 18.9 Å². The van der Waals surface area contributed by atoms with E-state index in [0.29, 0.717) is 13.2 Å². The summed E-state index contributed by atoms with van der Waals surface area (Å²) in [6.45, 7) is 6.87. The Labute approximate surface area is 113 Å². The molecule has 0 aliphatic heterocycles. The highest BCUT2D eigenvalue weighted by molar-refractivity contribution is 5.99. The van der Waals surface area contributed by atoms with Crippen molar-refractivity contribution in [3.63, 3.8) is 0 Å². The molecule has 4 nitrogen and oxygen atoms in total. The Morgan fingerprint density at radius 3 is 2.74 bits per heavy atom. The average molecular weight is 268 g/mol. The first-order valence-electron chi connectivity index (χ1n) is 6.39. The summed E-state index contributed by atoms with van der Waals surface area (Å²) in [5, 5.41) is 2.82.